The van der Waals surface area contributed by atoms with E-state index in [0.29, 0.717) is 18.0 Å². The van der Waals surface area contributed by atoms with Crippen LogP contribution in [0, 0.1) is 5.92 Å². The summed E-state index contributed by atoms with van der Waals surface area (Å²) in [5.41, 5.74) is -1.32. The second-order valence-electron chi connectivity index (χ2n) is 6.82. The van der Waals surface area contributed by atoms with E-state index in [9.17, 15) is 31.1 Å². The number of methoxy groups -OCH3 is 1. The Kier molecular flexibility index (Phi) is 6.20. The van der Waals surface area contributed by atoms with E-state index >= 15 is 0 Å². The number of hydrogen-bond acceptors (Lipinski definition) is 6. The molecule has 3 heterocycles. The van der Waals surface area contributed by atoms with Crippen molar-refractivity contribution in [3.05, 3.63) is 16.4 Å². The third-order valence-corrected chi connectivity index (χ3v) is 5.56. The van der Waals surface area contributed by atoms with Gasteiger partial charge in [0.2, 0.25) is 4.96 Å². The first-order valence-corrected chi connectivity index (χ1v) is 9.55. The topological polar surface area (TPSA) is 59.7 Å². The zero-order valence-electron chi connectivity index (χ0n) is 15.3. The first-order chi connectivity index (χ1) is 13.5. The predicted molar refractivity (Wildman–Crippen MR) is 90.5 cm³/mol. The van der Waals surface area contributed by atoms with Gasteiger partial charge < -0.3 is 4.74 Å². The standard InChI is InChI=1S/C16H18F6N4O2S/c1-28-5-3-12-24-26-10(13(16(20,21)22)23-14(26)29-12)7-25-6-9(11(27)8-25)2-4-15(17,18)19/h9H,2-8H2,1H3. The number of Topliss-reactive ketones (excluding diaryl/α,β-unsaturated/α-hetero) is 1. The van der Waals surface area contributed by atoms with Gasteiger partial charge in [0.1, 0.15) is 5.01 Å². The van der Waals surface area contributed by atoms with Crippen LogP contribution in [0.1, 0.15) is 29.2 Å². The smallest absolute Gasteiger partial charge is 0.384 e. The van der Waals surface area contributed by atoms with Gasteiger partial charge in [0.25, 0.3) is 0 Å². The van der Waals surface area contributed by atoms with Gasteiger partial charge in [0, 0.05) is 39.0 Å². The number of carbonyl (C=O) groups excluding carboxylic acids is 1. The zero-order valence-corrected chi connectivity index (χ0v) is 16.1. The first kappa shape index (κ1) is 22.0. The fourth-order valence-electron chi connectivity index (χ4n) is 3.24. The fourth-order valence-corrected chi connectivity index (χ4v) is 4.13. The summed E-state index contributed by atoms with van der Waals surface area (Å²) >= 11 is 1.01. The summed E-state index contributed by atoms with van der Waals surface area (Å²) in [4.78, 5) is 17.2. The van der Waals surface area contributed by atoms with Crippen molar-refractivity contribution in [3.63, 3.8) is 0 Å². The lowest BCUT2D eigenvalue weighted by Gasteiger charge is -2.16. The minimum atomic E-state index is -4.71. The molecule has 6 nitrogen and oxygen atoms in total. The number of carbonyl (C=O) groups is 1. The molecule has 2 aromatic rings. The van der Waals surface area contributed by atoms with Crippen molar-refractivity contribution in [2.75, 3.05) is 26.8 Å². The third-order valence-electron chi connectivity index (χ3n) is 4.59. The Morgan fingerprint density at radius 2 is 1.97 bits per heavy atom. The van der Waals surface area contributed by atoms with Crippen molar-refractivity contribution in [2.24, 2.45) is 5.92 Å². The van der Waals surface area contributed by atoms with Gasteiger partial charge in [-0.3, -0.25) is 9.69 Å². The van der Waals surface area contributed by atoms with Crippen LogP contribution in [0.3, 0.4) is 0 Å². The minimum absolute atomic E-state index is 0.0277. The van der Waals surface area contributed by atoms with Crippen molar-refractivity contribution in [3.8, 4) is 0 Å². The average Bonchev–Trinajstić information content (AvgIpc) is 3.24. The number of nitrogens with zero attached hydrogens (tertiary/aromatic N) is 4. The Bertz CT molecular complexity index is 875. The Hall–Kier alpha value is -1.73. The summed E-state index contributed by atoms with van der Waals surface area (Å²) in [6.07, 6.45) is -10.2. The Morgan fingerprint density at radius 3 is 2.59 bits per heavy atom. The minimum Gasteiger partial charge on any atom is -0.384 e. The van der Waals surface area contributed by atoms with Gasteiger partial charge in [-0.15, -0.1) is 0 Å². The molecule has 1 unspecified atom stereocenters. The highest BCUT2D eigenvalue weighted by Gasteiger charge is 2.41. The van der Waals surface area contributed by atoms with Gasteiger partial charge in [0.05, 0.1) is 18.8 Å². The van der Waals surface area contributed by atoms with Gasteiger partial charge in [-0.05, 0) is 6.42 Å². The second-order valence-corrected chi connectivity index (χ2v) is 7.87. The quantitative estimate of drug-likeness (QED) is 0.614. The van der Waals surface area contributed by atoms with Crippen LogP contribution < -0.4 is 0 Å². The molecule has 0 N–H and O–H groups in total. The molecule has 2 aromatic heterocycles. The Labute approximate surface area is 165 Å². The number of likely N-dealkylation sites (tertiary alicyclic amines) is 1. The summed E-state index contributed by atoms with van der Waals surface area (Å²) in [5.74, 6) is -1.25. The summed E-state index contributed by atoms with van der Waals surface area (Å²) in [7, 11) is 1.49. The average molecular weight is 444 g/mol. The van der Waals surface area contributed by atoms with Crippen molar-refractivity contribution in [1.82, 2.24) is 19.5 Å². The molecule has 1 aliphatic rings. The van der Waals surface area contributed by atoms with E-state index in [1.165, 1.54) is 12.0 Å². The lowest BCUT2D eigenvalue weighted by molar-refractivity contribution is -0.142. The SMILES string of the molecule is COCCc1nn2c(CN3CC(=O)C(CCC(F)(F)F)C3)c(C(F)(F)F)nc2s1. The van der Waals surface area contributed by atoms with Crippen molar-refractivity contribution in [2.45, 2.75) is 38.2 Å². The molecule has 0 amide bonds. The van der Waals surface area contributed by atoms with Crippen LogP contribution in [0.5, 0.6) is 0 Å². The molecule has 0 spiro atoms. The highest BCUT2D eigenvalue weighted by atomic mass is 32.1. The molecule has 0 aromatic carbocycles. The number of ether oxygens (including phenoxy) is 1. The second kappa shape index (κ2) is 8.19. The highest BCUT2D eigenvalue weighted by Crippen LogP contribution is 2.35. The number of imidazole rings is 1. The summed E-state index contributed by atoms with van der Waals surface area (Å²) in [5, 5.41) is 4.71. The molecule has 0 radical (unpaired) electrons. The molecule has 13 heteroatoms. The highest BCUT2D eigenvalue weighted by molar-refractivity contribution is 7.16. The van der Waals surface area contributed by atoms with E-state index in [1.54, 1.807) is 0 Å². The van der Waals surface area contributed by atoms with Crippen LogP contribution in [-0.4, -0.2) is 58.3 Å². The number of halogens is 6. The molecule has 162 valence electrons. The molecular weight excluding hydrogens is 426 g/mol. The molecule has 0 aliphatic carbocycles. The number of fused-ring (bicyclic) bond motifs is 1. The van der Waals surface area contributed by atoms with Crippen LogP contribution in [-0.2, 0) is 28.7 Å². The molecule has 1 atom stereocenters. The zero-order chi connectivity index (χ0) is 21.4. The summed E-state index contributed by atoms with van der Waals surface area (Å²) < 4.78 is 83.5. The molecule has 0 bridgehead atoms. The van der Waals surface area contributed by atoms with Crippen LogP contribution >= 0.6 is 11.3 Å². The normalized spacial score (nSPS) is 19.0. The molecule has 1 fully saturated rings. The largest absolute Gasteiger partial charge is 0.435 e. The molecule has 1 saturated heterocycles. The summed E-state index contributed by atoms with van der Waals surface area (Å²) in [6, 6.07) is 0. The van der Waals surface area contributed by atoms with E-state index in [1.807, 2.05) is 0 Å². The molecular formula is C16H18F6N4O2S. The number of ketones is 1. The summed E-state index contributed by atoms with van der Waals surface area (Å²) in [6.45, 7) is -0.162. The van der Waals surface area contributed by atoms with E-state index in [-0.39, 0.29) is 36.7 Å². The third kappa shape index (κ3) is 5.25. The van der Waals surface area contributed by atoms with Crippen molar-refractivity contribution in [1.29, 1.82) is 0 Å². The number of alkyl halides is 6. The monoisotopic (exact) mass is 444 g/mol. The molecule has 0 saturated carbocycles. The Morgan fingerprint density at radius 1 is 1.24 bits per heavy atom. The van der Waals surface area contributed by atoms with E-state index < -0.39 is 36.2 Å². The predicted octanol–water partition coefficient (Wildman–Crippen LogP) is 3.34. The van der Waals surface area contributed by atoms with E-state index in [2.05, 4.69) is 10.1 Å². The maximum absolute atomic E-state index is 13.4. The van der Waals surface area contributed by atoms with E-state index in [0.717, 1.165) is 15.9 Å². The number of hydrogen-bond donors (Lipinski definition) is 0. The fraction of sp³-hybridized carbons (Fsp3) is 0.688. The lowest BCUT2D eigenvalue weighted by atomic mass is 10.0. The van der Waals surface area contributed by atoms with Gasteiger partial charge in [-0.25, -0.2) is 9.50 Å². The molecule has 29 heavy (non-hydrogen) atoms. The molecule has 3 rings (SSSR count). The van der Waals surface area contributed by atoms with Crippen LogP contribution in [0.2, 0.25) is 0 Å². The van der Waals surface area contributed by atoms with Crippen LogP contribution in [0.25, 0.3) is 4.96 Å². The maximum atomic E-state index is 13.4. The van der Waals surface area contributed by atoms with Crippen molar-refractivity contribution < 1.29 is 35.9 Å². The maximum Gasteiger partial charge on any atom is 0.435 e. The van der Waals surface area contributed by atoms with E-state index in [4.69, 9.17) is 4.74 Å². The van der Waals surface area contributed by atoms with Crippen molar-refractivity contribution >= 4 is 22.1 Å². The number of aromatic nitrogens is 3. The van der Waals surface area contributed by atoms with Gasteiger partial charge in [-0.2, -0.15) is 31.4 Å². The Balaban J connectivity index is 1.80. The molecule has 1 aliphatic heterocycles. The number of rotatable bonds is 7. The van der Waals surface area contributed by atoms with Gasteiger partial charge in [0.15, 0.2) is 11.5 Å². The van der Waals surface area contributed by atoms with Gasteiger partial charge >= 0.3 is 12.4 Å². The van der Waals surface area contributed by atoms with Gasteiger partial charge in [-0.1, -0.05) is 11.3 Å². The first-order valence-electron chi connectivity index (χ1n) is 8.73. The van der Waals surface area contributed by atoms with Crippen LogP contribution in [0.15, 0.2) is 0 Å². The van der Waals surface area contributed by atoms with Crippen LogP contribution in [0.4, 0.5) is 26.3 Å². The lowest BCUT2D eigenvalue weighted by Crippen LogP contribution is -2.24.